The van der Waals surface area contributed by atoms with Crippen molar-refractivity contribution < 1.29 is 14.3 Å². The van der Waals surface area contributed by atoms with Crippen molar-refractivity contribution >= 4 is 0 Å². The van der Waals surface area contributed by atoms with E-state index in [0.717, 1.165) is 6.42 Å². The average Bonchev–Trinajstić information content (AvgIpc) is 3.00. The second-order valence-electron chi connectivity index (χ2n) is 5.33. The SMILES string of the molecule is COC1C[C@@H]2[C@H](O1)[C@H](C)ON2[C@H](C)c1ccccc1. The van der Waals surface area contributed by atoms with Crippen LogP contribution in [0.25, 0.3) is 0 Å². The van der Waals surface area contributed by atoms with Gasteiger partial charge in [0, 0.05) is 13.5 Å². The van der Waals surface area contributed by atoms with Crippen LogP contribution in [0.2, 0.25) is 0 Å². The monoisotopic (exact) mass is 263 g/mol. The fourth-order valence-electron chi connectivity index (χ4n) is 3.06. The van der Waals surface area contributed by atoms with E-state index in [1.165, 1.54) is 5.56 Å². The quantitative estimate of drug-likeness (QED) is 0.838. The number of nitrogens with zero attached hydrogens (tertiary/aromatic N) is 1. The van der Waals surface area contributed by atoms with E-state index in [2.05, 4.69) is 43.2 Å². The molecule has 2 heterocycles. The zero-order valence-corrected chi connectivity index (χ0v) is 11.7. The average molecular weight is 263 g/mol. The number of hydrogen-bond donors (Lipinski definition) is 0. The number of benzene rings is 1. The molecule has 19 heavy (non-hydrogen) atoms. The van der Waals surface area contributed by atoms with Gasteiger partial charge in [0.15, 0.2) is 6.29 Å². The van der Waals surface area contributed by atoms with Crippen molar-refractivity contribution in [2.24, 2.45) is 0 Å². The lowest BCUT2D eigenvalue weighted by Gasteiger charge is -2.28. The van der Waals surface area contributed by atoms with E-state index in [1.54, 1.807) is 7.11 Å². The molecule has 2 aliphatic heterocycles. The van der Waals surface area contributed by atoms with E-state index < -0.39 is 0 Å². The summed E-state index contributed by atoms with van der Waals surface area (Å²) < 4.78 is 11.2. The predicted molar refractivity (Wildman–Crippen MR) is 71.3 cm³/mol. The molecule has 0 spiro atoms. The molecule has 104 valence electrons. The molecule has 1 aromatic carbocycles. The maximum absolute atomic E-state index is 5.99. The summed E-state index contributed by atoms with van der Waals surface area (Å²) in [6, 6.07) is 10.9. The number of fused-ring (bicyclic) bond motifs is 1. The Balaban J connectivity index is 1.78. The fraction of sp³-hybridized carbons (Fsp3) is 0.600. The van der Waals surface area contributed by atoms with Crippen LogP contribution < -0.4 is 0 Å². The van der Waals surface area contributed by atoms with Crippen LogP contribution in [0, 0.1) is 0 Å². The molecule has 3 rings (SSSR count). The Kier molecular flexibility index (Phi) is 3.58. The van der Waals surface area contributed by atoms with Crippen molar-refractivity contribution in [3.05, 3.63) is 35.9 Å². The molecule has 4 nitrogen and oxygen atoms in total. The van der Waals surface area contributed by atoms with E-state index in [0.29, 0.717) is 0 Å². The Bertz CT molecular complexity index is 425. The highest BCUT2D eigenvalue weighted by atomic mass is 16.7. The zero-order chi connectivity index (χ0) is 13.4. The first-order valence-electron chi connectivity index (χ1n) is 6.89. The van der Waals surface area contributed by atoms with Crippen molar-refractivity contribution in [2.75, 3.05) is 7.11 Å². The van der Waals surface area contributed by atoms with Gasteiger partial charge in [0.25, 0.3) is 0 Å². The molecule has 0 radical (unpaired) electrons. The van der Waals surface area contributed by atoms with Crippen LogP contribution in [-0.2, 0) is 14.3 Å². The molecule has 0 N–H and O–H groups in total. The highest BCUT2D eigenvalue weighted by molar-refractivity contribution is 5.18. The van der Waals surface area contributed by atoms with E-state index in [-0.39, 0.29) is 30.6 Å². The smallest absolute Gasteiger partial charge is 0.159 e. The zero-order valence-electron chi connectivity index (χ0n) is 11.7. The Labute approximate surface area is 114 Å². The summed E-state index contributed by atoms with van der Waals surface area (Å²) in [7, 11) is 1.70. The molecular weight excluding hydrogens is 242 g/mol. The number of rotatable bonds is 3. The van der Waals surface area contributed by atoms with Gasteiger partial charge in [0.05, 0.1) is 12.1 Å². The normalized spacial score (nSPS) is 36.4. The van der Waals surface area contributed by atoms with Gasteiger partial charge in [-0.2, -0.15) is 5.06 Å². The molecule has 2 fully saturated rings. The standard InChI is InChI=1S/C15H21NO3/c1-10(12-7-5-4-6-8-12)16-13-9-14(17-3)18-15(13)11(2)19-16/h4-8,10-11,13-15H,9H2,1-3H3/t10-,11+,13-,14?,15-/m1/s1. The van der Waals surface area contributed by atoms with Gasteiger partial charge in [-0.1, -0.05) is 30.3 Å². The molecule has 0 aromatic heterocycles. The van der Waals surface area contributed by atoms with Crippen LogP contribution >= 0.6 is 0 Å². The fourth-order valence-corrected chi connectivity index (χ4v) is 3.06. The lowest BCUT2D eigenvalue weighted by molar-refractivity contribution is -0.206. The molecule has 4 heteroatoms. The third-order valence-corrected chi connectivity index (χ3v) is 4.13. The summed E-state index contributed by atoms with van der Waals surface area (Å²) in [6.07, 6.45) is 0.946. The summed E-state index contributed by atoms with van der Waals surface area (Å²) in [4.78, 5) is 5.99. The lowest BCUT2D eigenvalue weighted by Crippen LogP contribution is -2.33. The molecule has 0 aliphatic carbocycles. The van der Waals surface area contributed by atoms with Crippen LogP contribution in [0.5, 0.6) is 0 Å². The Hall–Kier alpha value is -0.940. The minimum absolute atomic E-state index is 0.0799. The second kappa shape index (κ2) is 5.21. The van der Waals surface area contributed by atoms with Gasteiger partial charge >= 0.3 is 0 Å². The number of hydroxylamine groups is 2. The first-order valence-corrected chi connectivity index (χ1v) is 6.89. The van der Waals surface area contributed by atoms with Crippen molar-refractivity contribution in [3.8, 4) is 0 Å². The van der Waals surface area contributed by atoms with Gasteiger partial charge in [-0.25, -0.2) is 0 Å². The third kappa shape index (κ3) is 2.30. The highest BCUT2D eigenvalue weighted by Gasteiger charge is 2.50. The molecule has 0 saturated carbocycles. The van der Waals surface area contributed by atoms with Gasteiger partial charge in [-0.15, -0.1) is 0 Å². The number of methoxy groups -OCH3 is 1. The predicted octanol–water partition coefficient (Wildman–Crippen LogP) is 2.51. The van der Waals surface area contributed by atoms with E-state index >= 15 is 0 Å². The minimum atomic E-state index is -0.105. The Morgan fingerprint density at radius 2 is 2.05 bits per heavy atom. The number of ether oxygens (including phenoxy) is 2. The summed E-state index contributed by atoms with van der Waals surface area (Å²) in [5.74, 6) is 0. The minimum Gasteiger partial charge on any atom is -0.356 e. The summed E-state index contributed by atoms with van der Waals surface area (Å²) in [5, 5.41) is 2.09. The molecule has 1 unspecified atom stereocenters. The highest BCUT2D eigenvalue weighted by Crippen LogP contribution is 2.39. The topological polar surface area (TPSA) is 30.9 Å². The van der Waals surface area contributed by atoms with Gasteiger partial charge in [0.1, 0.15) is 12.2 Å². The number of hydrogen-bond acceptors (Lipinski definition) is 4. The molecule has 5 atom stereocenters. The third-order valence-electron chi connectivity index (χ3n) is 4.13. The molecule has 2 aliphatic rings. The van der Waals surface area contributed by atoms with E-state index in [9.17, 15) is 0 Å². The van der Waals surface area contributed by atoms with Crippen LogP contribution in [0.15, 0.2) is 30.3 Å². The van der Waals surface area contributed by atoms with Gasteiger partial charge < -0.3 is 9.47 Å². The van der Waals surface area contributed by atoms with Crippen LogP contribution in [0.4, 0.5) is 0 Å². The second-order valence-corrected chi connectivity index (χ2v) is 5.33. The van der Waals surface area contributed by atoms with Crippen molar-refractivity contribution in [3.63, 3.8) is 0 Å². The molecular formula is C15H21NO3. The molecule has 2 saturated heterocycles. The first-order chi connectivity index (χ1) is 9.20. The summed E-state index contributed by atoms with van der Waals surface area (Å²) >= 11 is 0. The van der Waals surface area contributed by atoms with E-state index in [4.69, 9.17) is 14.3 Å². The Morgan fingerprint density at radius 3 is 2.74 bits per heavy atom. The largest absolute Gasteiger partial charge is 0.356 e. The van der Waals surface area contributed by atoms with Gasteiger partial charge in [-0.3, -0.25) is 4.84 Å². The van der Waals surface area contributed by atoms with Crippen molar-refractivity contribution in [1.82, 2.24) is 5.06 Å². The molecule has 1 aromatic rings. The van der Waals surface area contributed by atoms with E-state index in [1.807, 2.05) is 6.07 Å². The lowest BCUT2D eigenvalue weighted by atomic mass is 10.0. The van der Waals surface area contributed by atoms with Crippen molar-refractivity contribution in [2.45, 2.75) is 50.8 Å². The first kappa shape index (κ1) is 13.1. The van der Waals surface area contributed by atoms with Gasteiger partial charge in [-0.05, 0) is 19.4 Å². The van der Waals surface area contributed by atoms with Crippen LogP contribution in [-0.4, -0.2) is 36.7 Å². The van der Waals surface area contributed by atoms with Crippen LogP contribution in [0.3, 0.4) is 0 Å². The molecule has 0 amide bonds. The Morgan fingerprint density at radius 1 is 1.32 bits per heavy atom. The summed E-state index contributed by atoms with van der Waals surface area (Å²) in [5.41, 5.74) is 1.26. The maximum atomic E-state index is 5.99. The summed E-state index contributed by atoms with van der Waals surface area (Å²) in [6.45, 7) is 4.23. The molecule has 0 bridgehead atoms. The van der Waals surface area contributed by atoms with Crippen molar-refractivity contribution in [1.29, 1.82) is 0 Å². The van der Waals surface area contributed by atoms with Crippen LogP contribution in [0.1, 0.15) is 31.9 Å². The maximum Gasteiger partial charge on any atom is 0.159 e. The van der Waals surface area contributed by atoms with Gasteiger partial charge in [0.2, 0.25) is 0 Å².